The van der Waals surface area contributed by atoms with E-state index in [2.05, 4.69) is 10.2 Å². The molecular weight excluding hydrogens is 302 g/mol. The van der Waals surface area contributed by atoms with Gasteiger partial charge in [0, 0.05) is 36.0 Å². The van der Waals surface area contributed by atoms with E-state index in [1.165, 1.54) is 0 Å². The number of carbonyl (C=O) groups is 1. The summed E-state index contributed by atoms with van der Waals surface area (Å²) in [6.07, 6.45) is 1.63. The fraction of sp³-hybridized carbons (Fsp3) is 0.474. The van der Waals surface area contributed by atoms with E-state index in [0.717, 1.165) is 48.2 Å². The summed E-state index contributed by atoms with van der Waals surface area (Å²) < 4.78 is 0. The van der Waals surface area contributed by atoms with Crippen LogP contribution >= 0.6 is 0 Å². The fourth-order valence-electron chi connectivity index (χ4n) is 3.30. The Hall–Kier alpha value is -2.14. The fourth-order valence-corrected chi connectivity index (χ4v) is 3.30. The number of piperidine rings is 1. The van der Waals surface area contributed by atoms with Crippen LogP contribution in [0.15, 0.2) is 30.3 Å². The molecule has 1 aromatic heterocycles. The normalized spacial score (nSPS) is 15.9. The molecule has 0 atom stereocenters. The maximum atomic E-state index is 12.2. The first kappa shape index (κ1) is 16.7. The predicted molar refractivity (Wildman–Crippen MR) is 95.9 cm³/mol. The number of rotatable bonds is 4. The highest BCUT2D eigenvalue weighted by Crippen LogP contribution is 2.28. The van der Waals surface area contributed by atoms with Crippen LogP contribution in [0.1, 0.15) is 32.3 Å². The number of benzene rings is 1. The van der Waals surface area contributed by atoms with Gasteiger partial charge in [0.15, 0.2) is 0 Å². The number of para-hydroxylation sites is 1. The van der Waals surface area contributed by atoms with Crippen LogP contribution in [0.25, 0.3) is 10.9 Å². The van der Waals surface area contributed by atoms with Crippen molar-refractivity contribution < 1.29 is 9.90 Å². The summed E-state index contributed by atoms with van der Waals surface area (Å²) in [6, 6.07) is 10.1. The number of carbonyl (C=O) groups excluding carboxylic acids is 1. The van der Waals surface area contributed by atoms with Gasteiger partial charge in [-0.3, -0.25) is 4.79 Å². The minimum Gasteiger partial charge on any atom is -0.392 e. The molecule has 2 N–H and O–H groups in total. The molecule has 3 rings (SSSR count). The first-order chi connectivity index (χ1) is 11.6. The molecule has 1 fully saturated rings. The number of aromatic nitrogens is 1. The van der Waals surface area contributed by atoms with Crippen LogP contribution in [-0.2, 0) is 11.4 Å². The van der Waals surface area contributed by atoms with Crippen LogP contribution in [0.2, 0.25) is 0 Å². The molecule has 5 nitrogen and oxygen atoms in total. The molecule has 2 aromatic rings. The van der Waals surface area contributed by atoms with Gasteiger partial charge in [-0.15, -0.1) is 0 Å². The Labute approximate surface area is 142 Å². The third-order valence-electron chi connectivity index (χ3n) is 4.55. The molecule has 2 heterocycles. The van der Waals surface area contributed by atoms with Crippen LogP contribution in [0.4, 0.5) is 5.82 Å². The van der Waals surface area contributed by atoms with Gasteiger partial charge in [-0.1, -0.05) is 18.2 Å². The van der Waals surface area contributed by atoms with Gasteiger partial charge in [-0.2, -0.15) is 0 Å². The molecule has 24 heavy (non-hydrogen) atoms. The molecule has 0 aliphatic carbocycles. The molecule has 1 saturated heterocycles. The van der Waals surface area contributed by atoms with Crippen LogP contribution in [-0.4, -0.2) is 35.1 Å². The molecule has 0 spiro atoms. The lowest BCUT2D eigenvalue weighted by Gasteiger charge is -2.33. The van der Waals surface area contributed by atoms with Gasteiger partial charge in [0.1, 0.15) is 5.82 Å². The Morgan fingerprint density at radius 1 is 1.33 bits per heavy atom. The van der Waals surface area contributed by atoms with Crippen molar-refractivity contribution in [3.8, 4) is 0 Å². The lowest BCUT2D eigenvalue weighted by atomic mass is 9.95. The quantitative estimate of drug-likeness (QED) is 0.905. The second-order valence-electron chi connectivity index (χ2n) is 6.75. The molecule has 0 saturated carbocycles. The van der Waals surface area contributed by atoms with E-state index in [1.54, 1.807) is 0 Å². The molecule has 0 bridgehead atoms. The van der Waals surface area contributed by atoms with Crippen LogP contribution < -0.4 is 10.2 Å². The summed E-state index contributed by atoms with van der Waals surface area (Å²) in [7, 11) is 0. The molecule has 128 valence electrons. The zero-order valence-electron chi connectivity index (χ0n) is 14.3. The van der Waals surface area contributed by atoms with E-state index in [4.69, 9.17) is 4.98 Å². The zero-order valence-corrected chi connectivity index (χ0v) is 14.3. The molecule has 1 aromatic carbocycles. The summed E-state index contributed by atoms with van der Waals surface area (Å²) in [4.78, 5) is 19.1. The number of nitrogens with one attached hydrogen (secondary N) is 1. The number of fused-ring (bicyclic) bond motifs is 1. The predicted octanol–water partition coefficient (Wildman–Crippen LogP) is 2.47. The Morgan fingerprint density at radius 2 is 2.04 bits per heavy atom. The number of hydrogen-bond donors (Lipinski definition) is 2. The molecule has 1 aliphatic heterocycles. The maximum Gasteiger partial charge on any atom is 0.223 e. The summed E-state index contributed by atoms with van der Waals surface area (Å²) in [5.74, 6) is 1.07. The Bertz CT molecular complexity index is 722. The van der Waals surface area contributed by atoms with Gasteiger partial charge in [0.2, 0.25) is 5.91 Å². The highest BCUT2D eigenvalue weighted by molar-refractivity contribution is 5.82. The lowest BCUT2D eigenvalue weighted by molar-refractivity contribution is -0.126. The van der Waals surface area contributed by atoms with E-state index in [0.29, 0.717) is 0 Å². The smallest absolute Gasteiger partial charge is 0.223 e. The largest absolute Gasteiger partial charge is 0.392 e. The number of pyridine rings is 1. The average Bonchev–Trinajstić information content (AvgIpc) is 2.60. The third kappa shape index (κ3) is 3.51. The number of aliphatic hydroxyl groups excluding tert-OH is 1. The summed E-state index contributed by atoms with van der Waals surface area (Å²) in [5, 5.41) is 13.8. The van der Waals surface area contributed by atoms with Crippen molar-refractivity contribution in [2.24, 2.45) is 5.92 Å². The van der Waals surface area contributed by atoms with E-state index in [-0.39, 0.29) is 24.5 Å². The van der Waals surface area contributed by atoms with E-state index < -0.39 is 0 Å². The zero-order chi connectivity index (χ0) is 17.1. The molecule has 0 unspecified atom stereocenters. The number of nitrogens with zero attached hydrogens (tertiary/aromatic N) is 2. The van der Waals surface area contributed by atoms with Crippen LogP contribution in [0.5, 0.6) is 0 Å². The average molecular weight is 327 g/mol. The Kier molecular flexibility index (Phi) is 5.00. The van der Waals surface area contributed by atoms with Crippen molar-refractivity contribution in [2.75, 3.05) is 18.0 Å². The lowest BCUT2D eigenvalue weighted by Crippen LogP contribution is -2.42. The minimum atomic E-state index is -0.0269. The first-order valence-electron chi connectivity index (χ1n) is 8.63. The van der Waals surface area contributed by atoms with Gasteiger partial charge in [-0.05, 0) is 38.8 Å². The van der Waals surface area contributed by atoms with Crippen LogP contribution in [0.3, 0.4) is 0 Å². The topological polar surface area (TPSA) is 65.5 Å². The molecular formula is C19H25N3O2. The second kappa shape index (κ2) is 7.18. The maximum absolute atomic E-state index is 12.2. The van der Waals surface area contributed by atoms with Crippen molar-refractivity contribution in [1.82, 2.24) is 10.3 Å². The molecule has 0 radical (unpaired) electrons. The van der Waals surface area contributed by atoms with Crippen molar-refractivity contribution in [3.05, 3.63) is 35.9 Å². The van der Waals surface area contributed by atoms with Crippen molar-refractivity contribution in [3.63, 3.8) is 0 Å². The third-order valence-corrected chi connectivity index (χ3v) is 4.55. The van der Waals surface area contributed by atoms with Gasteiger partial charge >= 0.3 is 0 Å². The molecule has 1 aliphatic rings. The Balaban J connectivity index is 1.76. The Morgan fingerprint density at radius 3 is 2.71 bits per heavy atom. The van der Waals surface area contributed by atoms with Crippen molar-refractivity contribution in [1.29, 1.82) is 0 Å². The van der Waals surface area contributed by atoms with E-state index in [1.807, 2.05) is 44.2 Å². The number of amides is 1. The molecule has 5 heteroatoms. The van der Waals surface area contributed by atoms with Crippen molar-refractivity contribution >= 4 is 22.6 Å². The van der Waals surface area contributed by atoms with Crippen LogP contribution in [0, 0.1) is 5.92 Å². The first-order valence-corrected chi connectivity index (χ1v) is 8.63. The summed E-state index contributed by atoms with van der Waals surface area (Å²) in [5.41, 5.74) is 1.78. The van der Waals surface area contributed by atoms with Gasteiger partial charge in [0.25, 0.3) is 0 Å². The van der Waals surface area contributed by atoms with Gasteiger partial charge in [-0.25, -0.2) is 4.98 Å². The molecule has 1 amide bonds. The summed E-state index contributed by atoms with van der Waals surface area (Å²) in [6.45, 7) is 5.52. The number of aliphatic hydroxyl groups is 1. The monoisotopic (exact) mass is 327 g/mol. The number of hydrogen-bond acceptors (Lipinski definition) is 4. The second-order valence-corrected chi connectivity index (χ2v) is 6.75. The van der Waals surface area contributed by atoms with E-state index in [9.17, 15) is 9.90 Å². The van der Waals surface area contributed by atoms with E-state index >= 15 is 0 Å². The van der Waals surface area contributed by atoms with Gasteiger partial charge in [0.05, 0.1) is 12.1 Å². The van der Waals surface area contributed by atoms with Crippen molar-refractivity contribution in [2.45, 2.75) is 39.3 Å². The highest BCUT2D eigenvalue weighted by atomic mass is 16.3. The standard InChI is InChI=1S/C19H25N3O2/c1-13(2)20-19(24)14-7-9-22(10-8-14)18-16(12-23)11-15-5-3-4-6-17(15)21-18/h3-6,11,13-14,23H,7-10,12H2,1-2H3,(H,20,24). The minimum absolute atomic E-state index is 0.0269. The number of anilines is 1. The SMILES string of the molecule is CC(C)NC(=O)C1CCN(c2nc3ccccc3cc2CO)CC1. The highest BCUT2D eigenvalue weighted by Gasteiger charge is 2.27. The van der Waals surface area contributed by atoms with Gasteiger partial charge < -0.3 is 15.3 Å². The summed E-state index contributed by atoms with van der Waals surface area (Å²) >= 11 is 0.